The van der Waals surface area contributed by atoms with E-state index in [9.17, 15) is 29.6 Å². The van der Waals surface area contributed by atoms with Crippen molar-refractivity contribution in [3.05, 3.63) is 45.3 Å². The number of carbonyl (C=O) groups excluding carboxylic acids is 2. The normalized spacial score (nSPS) is 18.1. The number of aliphatic carboxylic acids is 1. The molecule has 0 radical (unpaired) electrons. The molecule has 116 valence electrons. The minimum atomic E-state index is -1.17. The SMILES string of the molecule is NC(=O)CCC(C(=O)O)N1C=C2C=CC(=O)C([N+](=O)[O-])=C2C1. The number of carboxylic acid groups (broad SMARTS) is 1. The lowest BCUT2D eigenvalue weighted by molar-refractivity contribution is -0.419. The number of allylic oxidation sites excluding steroid dienone is 2. The van der Waals surface area contributed by atoms with Crippen molar-refractivity contribution in [2.45, 2.75) is 18.9 Å². The summed E-state index contributed by atoms with van der Waals surface area (Å²) in [7, 11) is 0. The molecule has 22 heavy (non-hydrogen) atoms. The first-order chi connectivity index (χ1) is 10.3. The zero-order chi connectivity index (χ0) is 16.4. The first-order valence-electron chi connectivity index (χ1n) is 6.40. The second-order valence-corrected chi connectivity index (χ2v) is 4.90. The predicted molar refractivity (Wildman–Crippen MR) is 72.8 cm³/mol. The van der Waals surface area contributed by atoms with Crippen LogP contribution in [0, 0.1) is 10.1 Å². The van der Waals surface area contributed by atoms with Gasteiger partial charge in [0.15, 0.2) is 0 Å². The second-order valence-electron chi connectivity index (χ2n) is 4.90. The van der Waals surface area contributed by atoms with E-state index in [1.54, 1.807) is 0 Å². The molecule has 2 aliphatic rings. The number of hydrogen-bond donors (Lipinski definition) is 2. The monoisotopic (exact) mass is 307 g/mol. The molecule has 1 aliphatic heterocycles. The van der Waals surface area contributed by atoms with E-state index in [4.69, 9.17) is 5.73 Å². The van der Waals surface area contributed by atoms with Crippen molar-refractivity contribution in [2.75, 3.05) is 6.54 Å². The number of nitrogens with two attached hydrogens (primary N) is 1. The molecular weight excluding hydrogens is 294 g/mol. The van der Waals surface area contributed by atoms with Gasteiger partial charge in [0.05, 0.1) is 17.0 Å². The summed E-state index contributed by atoms with van der Waals surface area (Å²) in [4.78, 5) is 45.3. The third kappa shape index (κ3) is 2.87. The Bertz CT molecular complexity index is 661. The Hall–Kier alpha value is -2.97. The molecule has 0 saturated carbocycles. The number of fused-ring (bicyclic) bond motifs is 1. The van der Waals surface area contributed by atoms with Crippen LogP contribution in [0.3, 0.4) is 0 Å². The fraction of sp³-hybridized carbons (Fsp3) is 0.308. The third-order valence-corrected chi connectivity index (χ3v) is 3.46. The lowest BCUT2D eigenvalue weighted by Gasteiger charge is -2.23. The average Bonchev–Trinajstić information content (AvgIpc) is 2.80. The molecule has 1 amide bonds. The van der Waals surface area contributed by atoms with Crippen LogP contribution < -0.4 is 5.73 Å². The lowest BCUT2D eigenvalue weighted by atomic mass is 9.99. The Kier molecular flexibility index (Phi) is 4.06. The Morgan fingerprint density at radius 2 is 2.14 bits per heavy atom. The molecule has 1 aliphatic carbocycles. The molecule has 0 aromatic rings. The van der Waals surface area contributed by atoms with Crippen molar-refractivity contribution in [3.8, 4) is 0 Å². The highest BCUT2D eigenvalue weighted by molar-refractivity contribution is 6.05. The largest absolute Gasteiger partial charge is 0.480 e. The summed E-state index contributed by atoms with van der Waals surface area (Å²) in [5.74, 6) is -2.52. The number of carboxylic acids is 1. The van der Waals surface area contributed by atoms with Crippen LogP contribution in [0.4, 0.5) is 0 Å². The number of ketones is 1. The van der Waals surface area contributed by atoms with Gasteiger partial charge in [-0.05, 0) is 18.6 Å². The molecule has 1 unspecified atom stereocenters. The highest BCUT2D eigenvalue weighted by Crippen LogP contribution is 2.31. The minimum absolute atomic E-state index is 0.0206. The number of rotatable bonds is 6. The highest BCUT2D eigenvalue weighted by atomic mass is 16.6. The van der Waals surface area contributed by atoms with Crippen LogP contribution in [0.15, 0.2) is 35.2 Å². The number of nitro groups is 1. The van der Waals surface area contributed by atoms with Crippen LogP contribution in [0.25, 0.3) is 0 Å². The van der Waals surface area contributed by atoms with Crippen LogP contribution in [0.2, 0.25) is 0 Å². The summed E-state index contributed by atoms with van der Waals surface area (Å²) in [5.41, 5.74) is 5.08. The lowest BCUT2D eigenvalue weighted by Crippen LogP contribution is -2.38. The first-order valence-corrected chi connectivity index (χ1v) is 6.40. The Morgan fingerprint density at radius 1 is 1.45 bits per heavy atom. The van der Waals surface area contributed by atoms with Crippen LogP contribution in [0.1, 0.15) is 12.8 Å². The maximum absolute atomic E-state index is 11.6. The summed E-state index contributed by atoms with van der Waals surface area (Å²) in [6, 6.07) is -1.05. The average molecular weight is 307 g/mol. The highest BCUT2D eigenvalue weighted by Gasteiger charge is 2.37. The fourth-order valence-corrected chi connectivity index (χ4v) is 2.43. The maximum Gasteiger partial charge on any atom is 0.326 e. The fourth-order valence-electron chi connectivity index (χ4n) is 2.43. The zero-order valence-electron chi connectivity index (χ0n) is 11.4. The van der Waals surface area contributed by atoms with Crippen LogP contribution in [-0.4, -0.2) is 45.2 Å². The van der Waals surface area contributed by atoms with E-state index in [2.05, 4.69) is 0 Å². The summed E-state index contributed by atoms with van der Waals surface area (Å²) < 4.78 is 0. The van der Waals surface area contributed by atoms with Gasteiger partial charge in [0.1, 0.15) is 6.04 Å². The van der Waals surface area contributed by atoms with Gasteiger partial charge < -0.3 is 15.7 Å². The summed E-state index contributed by atoms with van der Waals surface area (Å²) in [5, 5.41) is 20.3. The van der Waals surface area contributed by atoms with E-state index in [1.165, 1.54) is 17.2 Å². The van der Waals surface area contributed by atoms with E-state index < -0.39 is 34.3 Å². The molecule has 3 N–H and O–H groups in total. The molecule has 0 bridgehead atoms. The zero-order valence-corrected chi connectivity index (χ0v) is 11.4. The molecule has 1 atom stereocenters. The number of amides is 1. The predicted octanol–water partition coefficient (Wildman–Crippen LogP) is -0.426. The smallest absolute Gasteiger partial charge is 0.326 e. The van der Waals surface area contributed by atoms with Crippen molar-refractivity contribution in [1.82, 2.24) is 4.90 Å². The van der Waals surface area contributed by atoms with Crippen molar-refractivity contribution in [2.24, 2.45) is 5.73 Å². The van der Waals surface area contributed by atoms with Crippen molar-refractivity contribution >= 4 is 17.7 Å². The first kappa shape index (κ1) is 15.4. The van der Waals surface area contributed by atoms with Gasteiger partial charge >= 0.3 is 11.7 Å². The quantitative estimate of drug-likeness (QED) is 0.500. The van der Waals surface area contributed by atoms with Gasteiger partial charge in [0.2, 0.25) is 5.91 Å². The topological polar surface area (TPSA) is 144 Å². The Balaban J connectivity index is 2.30. The Morgan fingerprint density at radius 3 is 2.68 bits per heavy atom. The third-order valence-electron chi connectivity index (χ3n) is 3.46. The molecule has 0 spiro atoms. The van der Waals surface area contributed by atoms with E-state index in [-0.39, 0.29) is 25.0 Å². The van der Waals surface area contributed by atoms with Gasteiger partial charge in [-0.25, -0.2) is 4.79 Å². The standard InChI is InChI=1S/C13H13N3O6/c14-11(18)4-2-9(13(19)20)15-5-7-1-3-10(17)12(16(21)22)8(7)6-15/h1,3,5,9H,2,4,6H2,(H2,14,18)(H,19,20). The van der Waals surface area contributed by atoms with E-state index in [0.29, 0.717) is 5.57 Å². The summed E-state index contributed by atoms with van der Waals surface area (Å²) in [6.45, 7) is -0.0720. The molecule has 0 aromatic heterocycles. The molecule has 0 saturated heterocycles. The van der Waals surface area contributed by atoms with Gasteiger partial charge in [0.25, 0.3) is 5.78 Å². The van der Waals surface area contributed by atoms with Crippen molar-refractivity contribution in [1.29, 1.82) is 0 Å². The van der Waals surface area contributed by atoms with Gasteiger partial charge in [-0.3, -0.25) is 19.7 Å². The number of primary amides is 1. The number of nitrogens with zero attached hydrogens (tertiary/aromatic N) is 2. The van der Waals surface area contributed by atoms with Gasteiger partial charge in [-0.2, -0.15) is 0 Å². The van der Waals surface area contributed by atoms with Crippen molar-refractivity contribution < 1.29 is 24.4 Å². The van der Waals surface area contributed by atoms with E-state index in [1.807, 2.05) is 0 Å². The van der Waals surface area contributed by atoms with Crippen LogP contribution >= 0.6 is 0 Å². The van der Waals surface area contributed by atoms with Crippen LogP contribution in [0.5, 0.6) is 0 Å². The van der Waals surface area contributed by atoms with Crippen LogP contribution in [-0.2, 0) is 14.4 Å². The van der Waals surface area contributed by atoms with E-state index in [0.717, 1.165) is 6.08 Å². The van der Waals surface area contributed by atoms with Gasteiger partial charge in [-0.15, -0.1) is 0 Å². The number of carbonyl (C=O) groups is 3. The van der Waals surface area contributed by atoms with Gasteiger partial charge in [0, 0.05) is 18.2 Å². The maximum atomic E-state index is 11.6. The molecule has 1 heterocycles. The van der Waals surface area contributed by atoms with Crippen molar-refractivity contribution in [3.63, 3.8) is 0 Å². The molecule has 9 heteroatoms. The molecule has 0 aromatic carbocycles. The van der Waals surface area contributed by atoms with E-state index >= 15 is 0 Å². The molecule has 2 rings (SSSR count). The number of hydrogen-bond acceptors (Lipinski definition) is 6. The molecular formula is C13H13N3O6. The van der Waals surface area contributed by atoms with Gasteiger partial charge in [-0.1, -0.05) is 0 Å². The minimum Gasteiger partial charge on any atom is -0.480 e. The Labute approximate surface area is 124 Å². The molecule has 9 nitrogen and oxygen atoms in total. The second kappa shape index (κ2) is 5.80. The summed E-state index contributed by atoms with van der Waals surface area (Å²) in [6.07, 6.45) is 3.80. The molecule has 0 fully saturated rings. The summed E-state index contributed by atoms with van der Waals surface area (Å²) >= 11 is 0.